The van der Waals surface area contributed by atoms with E-state index in [1.54, 1.807) is 36.2 Å². The third-order valence-corrected chi connectivity index (χ3v) is 2.70. The molecule has 1 aromatic rings. The number of carbonyl (C=O) groups excluding carboxylic acids is 1. The minimum absolute atomic E-state index is 0.0583. The zero-order valence-corrected chi connectivity index (χ0v) is 11.3. The van der Waals surface area contributed by atoms with Crippen molar-refractivity contribution >= 4 is 5.91 Å². The first kappa shape index (κ1) is 15.2. The minimum atomic E-state index is -0.674. The van der Waals surface area contributed by atoms with Crippen molar-refractivity contribution in [2.24, 2.45) is 0 Å². The molecule has 5 nitrogen and oxygen atoms in total. The fraction of sp³-hybridized carbons (Fsp3) is 0.429. The van der Waals surface area contributed by atoms with Crippen LogP contribution in [0, 0.1) is 11.3 Å². The number of aliphatic hydroxyl groups excluding tert-OH is 1. The summed E-state index contributed by atoms with van der Waals surface area (Å²) in [6, 6.07) is 8.82. The highest BCUT2D eigenvalue weighted by molar-refractivity contribution is 5.77. The molecule has 0 heterocycles. The Labute approximate surface area is 113 Å². The number of nitrogens with one attached hydrogen (secondary N) is 1. The third kappa shape index (κ3) is 5.08. The lowest BCUT2D eigenvalue weighted by Gasteiger charge is -2.20. The van der Waals surface area contributed by atoms with Crippen LogP contribution in [0.25, 0.3) is 0 Å². The minimum Gasteiger partial charge on any atom is -0.387 e. The fourth-order valence-electron chi connectivity index (χ4n) is 1.74. The zero-order valence-electron chi connectivity index (χ0n) is 11.3. The van der Waals surface area contributed by atoms with E-state index in [4.69, 9.17) is 5.26 Å². The zero-order chi connectivity index (χ0) is 14.3. The van der Waals surface area contributed by atoms with Gasteiger partial charge in [0.25, 0.3) is 0 Å². The molecule has 2 N–H and O–H groups in total. The Kier molecular flexibility index (Phi) is 6.00. The molecule has 1 rings (SSSR count). The smallest absolute Gasteiger partial charge is 0.234 e. The van der Waals surface area contributed by atoms with Crippen LogP contribution in [0.5, 0.6) is 0 Å². The molecule has 0 saturated heterocycles. The SMILES string of the molecule is CCNC(=O)CN(C)CC(O)c1ccc(C#N)cc1. The van der Waals surface area contributed by atoms with E-state index in [9.17, 15) is 9.90 Å². The number of benzene rings is 1. The highest BCUT2D eigenvalue weighted by Crippen LogP contribution is 2.14. The van der Waals surface area contributed by atoms with Gasteiger partial charge in [0.1, 0.15) is 0 Å². The van der Waals surface area contributed by atoms with Crippen molar-refractivity contribution < 1.29 is 9.90 Å². The summed E-state index contributed by atoms with van der Waals surface area (Å²) in [5.74, 6) is -0.0583. The first-order valence-corrected chi connectivity index (χ1v) is 6.20. The van der Waals surface area contributed by atoms with Crippen molar-refractivity contribution in [3.05, 3.63) is 35.4 Å². The molecule has 19 heavy (non-hydrogen) atoms. The molecule has 0 fully saturated rings. The second-order valence-electron chi connectivity index (χ2n) is 4.40. The van der Waals surface area contributed by atoms with E-state index in [2.05, 4.69) is 5.32 Å². The standard InChI is InChI=1S/C14H19N3O2/c1-3-16-14(19)10-17(2)9-13(18)12-6-4-11(8-15)5-7-12/h4-7,13,18H,3,9-10H2,1-2H3,(H,16,19). The predicted molar refractivity (Wildman–Crippen MR) is 72.3 cm³/mol. The van der Waals surface area contributed by atoms with Crippen LogP contribution in [0.2, 0.25) is 0 Å². The van der Waals surface area contributed by atoms with E-state index in [0.717, 1.165) is 5.56 Å². The number of likely N-dealkylation sites (N-methyl/N-ethyl adjacent to an activating group) is 2. The second kappa shape index (κ2) is 7.52. The first-order valence-electron chi connectivity index (χ1n) is 6.20. The van der Waals surface area contributed by atoms with Crippen molar-refractivity contribution in [1.29, 1.82) is 5.26 Å². The summed E-state index contributed by atoms with van der Waals surface area (Å²) in [6.07, 6.45) is -0.674. The molecule has 102 valence electrons. The molecule has 0 spiro atoms. The molecular weight excluding hydrogens is 242 g/mol. The summed E-state index contributed by atoms with van der Waals surface area (Å²) >= 11 is 0. The average molecular weight is 261 g/mol. The molecule has 1 amide bonds. The fourth-order valence-corrected chi connectivity index (χ4v) is 1.74. The summed E-state index contributed by atoms with van der Waals surface area (Å²) < 4.78 is 0. The quantitative estimate of drug-likeness (QED) is 0.788. The van der Waals surface area contributed by atoms with Gasteiger partial charge in [-0.15, -0.1) is 0 Å². The molecule has 0 radical (unpaired) electrons. The van der Waals surface area contributed by atoms with Crippen molar-refractivity contribution in [3.63, 3.8) is 0 Å². The molecule has 0 bridgehead atoms. The van der Waals surface area contributed by atoms with Crippen molar-refractivity contribution in [1.82, 2.24) is 10.2 Å². The molecule has 0 aliphatic carbocycles. The van der Waals surface area contributed by atoms with Gasteiger partial charge in [0.2, 0.25) is 5.91 Å². The van der Waals surface area contributed by atoms with E-state index >= 15 is 0 Å². The summed E-state index contributed by atoms with van der Waals surface area (Å²) in [5, 5.41) is 21.4. The van der Waals surface area contributed by atoms with Gasteiger partial charge in [0.05, 0.1) is 24.3 Å². The van der Waals surface area contributed by atoms with Crippen molar-refractivity contribution in [2.75, 3.05) is 26.7 Å². The maximum atomic E-state index is 11.4. The lowest BCUT2D eigenvalue weighted by molar-refractivity contribution is -0.122. The Morgan fingerprint density at radius 3 is 2.63 bits per heavy atom. The number of hydrogen-bond acceptors (Lipinski definition) is 4. The van der Waals surface area contributed by atoms with Crippen LogP contribution in [0.15, 0.2) is 24.3 Å². The maximum absolute atomic E-state index is 11.4. The number of nitrogens with zero attached hydrogens (tertiary/aromatic N) is 2. The van der Waals surface area contributed by atoms with E-state index in [-0.39, 0.29) is 12.5 Å². The van der Waals surface area contributed by atoms with E-state index < -0.39 is 6.10 Å². The van der Waals surface area contributed by atoms with Gasteiger partial charge in [-0.1, -0.05) is 12.1 Å². The topological polar surface area (TPSA) is 76.4 Å². The molecular formula is C14H19N3O2. The normalized spacial score (nSPS) is 11.9. The largest absolute Gasteiger partial charge is 0.387 e. The Morgan fingerprint density at radius 1 is 1.47 bits per heavy atom. The van der Waals surface area contributed by atoms with Crippen LogP contribution in [-0.4, -0.2) is 42.6 Å². The van der Waals surface area contributed by atoms with Gasteiger partial charge in [-0.05, 0) is 31.7 Å². The molecule has 0 saturated carbocycles. The monoisotopic (exact) mass is 261 g/mol. The number of rotatable bonds is 6. The Hall–Kier alpha value is -1.90. The highest BCUT2D eigenvalue weighted by atomic mass is 16.3. The predicted octanol–water partition coefficient (Wildman–Crippen LogP) is 0.660. The molecule has 1 atom stereocenters. The second-order valence-corrected chi connectivity index (χ2v) is 4.40. The van der Waals surface area contributed by atoms with Gasteiger partial charge in [-0.2, -0.15) is 5.26 Å². The number of carbonyl (C=O) groups is 1. The Bertz CT molecular complexity index is 451. The van der Waals surface area contributed by atoms with Gasteiger partial charge in [-0.25, -0.2) is 0 Å². The van der Waals surface area contributed by atoms with Gasteiger partial charge in [0.15, 0.2) is 0 Å². The lowest BCUT2D eigenvalue weighted by Crippen LogP contribution is -2.36. The van der Waals surface area contributed by atoms with E-state index in [0.29, 0.717) is 18.7 Å². The number of aliphatic hydroxyl groups is 1. The molecule has 1 unspecified atom stereocenters. The van der Waals surface area contributed by atoms with Crippen molar-refractivity contribution in [3.8, 4) is 6.07 Å². The van der Waals surface area contributed by atoms with Crippen LogP contribution in [0.1, 0.15) is 24.2 Å². The number of nitriles is 1. The lowest BCUT2D eigenvalue weighted by atomic mass is 10.1. The highest BCUT2D eigenvalue weighted by Gasteiger charge is 2.12. The Morgan fingerprint density at radius 2 is 2.11 bits per heavy atom. The van der Waals surface area contributed by atoms with E-state index in [1.165, 1.54) is 0 Å². The van der Waals surface area contributed by atoms with Crippen LogP contribution in [0.4, 0.5) is 0 Å². The first-order chi connectivity index (χ1) is 9.06. The third-order valence-electron chi connectivity index (χ3n) is 2.70. The molecule has 5 heteroatoms. The van der Waals surface area contributed by atoms with E-state index in [1.807, 2.05) is 13.0 Å². The molecule has 0 aliphatic heterocycles. The van der Waals surface area contributed by atoms with Crippen LogP contribution in [-0.2, 0) is 4.79 Å². The number of hydrogen-bond donors (Lipinski definition) is 2. The van der Waals surface area contributed by atoms with Crippen LogP contribution < -0.4 is 5.32 Å². The molecule has 1 aromatic carbocycles. The van der Waals surface area contributed by atoms with Crippen molar-refractivity contribution in [2.45, 2.75) is 13.0 Å². The van der Waals surface area contributed by atoms with Gasteiger partial charge >= 0.3 is 0 Å². The van der Waals surface area contributed by atoms with Crippen LogP contribution in [0.3, 0.4) is 0 Å². The maximum Gasteiger partial charge on any atom is 0.234 e. The summed E-state index contributed by atoms with van der Waals surface area (Å²) in [6.45, 7) is 3.08. The Balaban J connectivity index is 2.51. The molecule has 0 aromatic heterocycles. The summed E-state index contributed by atoms with van der Waals surface area (Å²) in [4.78, 5) is 13.1. The van der Waals surface area contributed by atoms with Gasteiger partial charge < -0.3 is 10.4 Å². The molecule has 0 aliphatic rings. The summed E-state index contributed by atoms with van der Waals surface area (Å²) in [7, 11) is 1.78. The van der Waals surface area contributed by atoms with Gasteiger partial charge in [-0.3, -0.25) is 9.69 Å². The average Bonchev–Trinajstić information content (AvgIpc) is 2.38. The number of amides is 1. The summed E-state index contributed by atoms with van der Waals surface area (Å²) in [5.41, 5.74) is 1.30. The van der Waals surface area contributed by atoms with Gasteiger partial charge in [0, 0.05) is 13.1 Å². The van der Waals surface area contributed by atoms with Crippen LogP contribution >= 0.6 is 0 Å².